The van der Waals surface area contributed by atoms with E-state index >= 15 is 0 Å². The fourth-order valence-corrected chi connectivity index (χ4v) is 3.62. The summed E-state index contributed by atoms with van der Waals surface area (Å²) in [4.78, 5) is 0.263. The molecule has 3 aromatic carbocycles. The Hall–Kier alpha value is -2.79. The van der Waals surface area contributed by atoms with E-state index in [1.165, 1.54) is 5.56 Å². The van der Waals surface area contributed by atoms with Crippen LogP contribution in [0.2, 0.25) is 0 Å². The number of sulfonamides is 1. The largest absolute Gasteiger partial charge is 0.381 e. The lowest BCUT2D eigenvalue weighted by Crippen LogP contribution is -2.13. The first kappa shape index (κ1) is 17.0. The highest BCUT2D eigenvalue weighted by atomic mass is 32.2. The predicted octanol–water partition coefficient (Wildman–Crippen LogP) is 4.41. The molecule has 0 aliphatic rings. The van der Waals surface area contributed by atoms with Crippen LogP contribution < -0.4 is 10.0 Å². The second-order valence-corrected chi connectivity index (χ2v) is 7.52. The molecule has 2 N–H and O–H groups in total. The van der Waals surface area contributed by atoms with Crippen molar-refractivity contribution in [2.45, 2.75) is 18.4 Å². The molecule has 25 heavy (non-hydrogen) atoms. The smallest absolute Gasteiger partial charge is 0.261 e. The first-order valence-electron chi connectivity index (χ1n) is 8.00. The summed E-state index contributed by atoms with van der Waals surface area (Å²) in [6, 6.07) is 24.2. The maximum absolute atomic E-state index is 12.4. The standard InChI is InChI=1S/C20H20N2O2S/c1-16-6-5-9-20(14-16)25(23,24)22-19-12-10-18(11-13-19)21-15-17-7-3-2-4-8-17/h2-14,21-22H,15H2,1H3. The van der Waals surface area contributed by atoms with Gasteiger partial charge in [-0.3, -0.25) is 4.72 Å². The number of hydrogen-bond donors (Lipinski definition) is 2. The fraction of sp³-hybridized carbons (Fsp3) is 0.100. The van der Waals surface area contributed by atoms with E-state index in [1.807, 2.05) is 43.3 Å². The van der Waals surface area contributed by atoms with Crippen LogP contribution in [0.15, 0.2) is 83.8 Å². The Kier molecular flexibility index (Phi) is 5.05. The van der Waals surface area contributed by atoms with Gasteiger partial charge in [0.05, 0.1) is 4.90 Å². The molecule has 4 nitrogen and oxygen atoms in total. The lowest BCUT2D eigenvalue weighted by Gasteiger charge is -2.10. The van der Waals surface area contributed by atoms with Crippen molar-refractivity contribution in [3.05, 3.63) is 90.0 Å². The third-order valence-electron chi connectivity index (χ3n) is 3.78. The molecule has 0 heterocycles. The normalized spacial score (nSPS) is 11.1. The molecule has 3 rings (SSSR count). The molecular weight excluding hydrogens is 332 g/mol. The molecule has 0 radical (unpaired) electrons. The van der Waals surface area contributed by atoms with Gasteiger partial charge < -0.3 is 5.32 Å². The summed E-state index contributed by atoms with van der Waals surface area (Å²) in [6.45, 7) is 2.58. The topological polar surface area (TPSA) is 58.2 Å². The molecule has 3 aromatic rings. The summed E-state index contributed by atoms with van der Waals surface area (Å²) in [7, 11) is -3.57. The molecule has 0 saturated heterocycles. The Morgan fingerprint density at radius 1 is 0.800 bits per heavy atom. The lowest BCUT2D eigenvalue weighted by atomic mass is 10.2. The Labute approximate surface area is 148 Å². The van der Waals surface area contributed by atoms with Gasteiger partial charge in [-0.25, -0.2) is 8.42 Å². The third kappa shape index (κ3) is 4.61. The second-order valence-electron chi connectivity index (χ2n) is 5.84. The first-order chi connectivity index (χ1) is 12.0. The van der Waals surface area contributed by atoms with Gasteiger partial charge in [-0.05, 0) is 54.4 Å². The quantitative estimate of drug-likeness (QED) is 0.691. The minimum atomic E-state index is -3.57. The van der Waals surface area contributed by atoms with Crippen LogP contribution in [-0.4, -0.2) is 8.42 Å². The number of benzene rings is 3. The Morgan fingerprint density at radius 3 is 2.16 bits per heavy atom. The average Bonchev–Trinajstić information content (AvgIpc) is 2.62. The molecule has 0 amide bonds. The van der Waals surface area contributed by atoms with Crippen LogP contribution in [0.3, 0.4) is 0 Å². The maximum atomic E-state index is 12.4. The first-order valence-corrected chi connectivity index (χ1v) is 9.49. The van der Waals surface area contributed by atoms with E-state index in [0.29, 0.717) is 5.69 Å². The summed E-state index contributed by atoms with van der Waals surface area (Å²) in [5.74, 6) is 0. The summed E-state index contributed by atoms with van der Waals surface area (Å²) >= 11 is 0. The van der Waals surface area contributed by atoms with Gasteiger partial charge in [-0.2, -0.15) is 0 Å². The minimum Gasteiger partial charge on any atom is -0.381 e. The van der Waals surface area contributed by atoms with Gasteiger partial charge in [0, 0.05) is 17.9 Å². The van der Waals surface area contributed by atoms with Crippen molar-refractivity contribution in [1.82, 2.24) is 0 Å². The molecule has 0 aliphatic carbocycles. The van der Waals surface area contributed by atoms with Crippen LogP contribution >= 0.6 is 0 Å². The highest BCUT2D eigenvalue weighted by Gasteiger charge is 2.13. The van der Waals surface area contributed by atoms with Crippen molar-refractivity contribution in [3.8, 4) is 0 Å². The van der Waals surface area contributed by atoms with Crippen LogP contribution in [0.1, 0.15) is 11.1 Å². The summed E-state index contributed by atoms with van der Waals surface area (Å²) in [5.41, 5.74) is 3.56. The maximum Gasteiger partial charge on any atom is 0.261 e. The van der Waals surface area contributed by atoms with E-state index in [0.717, 1.165) is 17.8 Å². The molecule has 0 bridgehead atoms. The zero-order chi connectivity index (χ0) is 17.7. The molecule has 0 saturated carbocycles. The highest BCUT2D eigenvalue weighted by Crippen LogP contribution is 2.19. The zero-order valence-corrected chi connectivity index (χ0v) is 14.8. The molecule has 0 fully saturated rings. The molecule has 5 heteroatoms. The van der Waals surface area contributed by atoms with Gasteiger partial charge in [-0.1, -0.05) is 42.5 Å². The molecule has 0 spiro atoms. The number of rotatable bonds is 6. The number of hydrogen-bond acceptors (Lipinski definition) is 3. The van der Waals surface area contributed by atoms with Crippen molar-refractivity contribution in [2.24, 2.45) is 0 Å². The van der Waals surface area contributed by atoms with Crippen LogP contribution in [0, 0.1) is 6.92 Å². The molecule has 0 atom stereocenters. The molecular formula is C20H20N2O2S. The van der Waals surface area contributed by atoms with Gasteiger partial charge >= 0.3 is 0 Å². The Balaban J connectivity index is 1.66. The van der Waals surface area contributed by atoms with Gasteiger partial charge in [0.1, 0.15) is 0 Å². The van der Waals surface area contributed by atoms with Crippen molar-refractivity contribution in [2.75, 3.05) is 10.0 Å². The van der Waals surface area contributed by atoms with Gasteiger partial charge in [0.15, 0.2) is 0 Å². The summed E-state index contributed by atoms with van der Waals surface area (Å²) in [5, 5.41) is 3.31. The molecule has 0 aromatic heterocycles. The van der Waals surface area contributed by atoms with E-state index in [9.17, 15) is 8.42 Å². The van der Waals surface area contributed by atoms with Gasteiger partial charge in [0.25, 0.3) is 10.0 Å². The monoisotopic (exact) mass is 352 g/mol. The zero-order valence-electron chi connectivity index (χ0n) is 13.9. The van der Waals surface area contributed by atoms with Crippen molar-refractivity contribution in [1.29, 1.82) is 0 Å². The van der Waals surface area contributed by atoms with E-state index in [2.05, 4.69) is 22.2 Å². The van der Waals surface area contributed by atoms with Crippen LogP contribution in [-0.2, 0) is 16.6 Å². The van der Waals surface area contributed by atoms with Gasteiger partial charge in [-0.15, -0.1) is 0 Å². The lowest BCUT2D eigenvalue weighted by molar-refractivity contribution is 0.601. The summed E-state index contributed by atoms with van der Waals surface area (Å²) < 4.78 is 27.5. The van der Waals surface area contributed by atoms with E-state index in [1.54, 1.807) is 30.3 Å². The van der Waals surface area contributed by atoms with Crippen LogP contribution in [0.5, 0.6) is 0 Å². The van der Waals surface area contributed by atoms with Crippen molar-refractivity contribution < 1.29 is 8.42 Å². The SMILES string of the molecule is Cc1cccc(S(=O)(=O)Nc2ccc(NCc3ccccc3)cc2)c1. The van der Waals surface area contributed by atoms with Crippen LogP contribution in [0.25, 0.3) is 0 Å². The predicted molar refractivity (Wildman–Crippen MR) is 102 cm³/mol. The number of aryl methyl sites for hydroxylation is 1. The fourth-order valence-electron chi connectivity index (χ4n) is 2.45. The number of nitrogens with one attached hydrogen (secondary N) is 2. The van der Waals surface area contributed by atoms with Crippen LogP contribution in [0.4, 0.5) is 11.4 Å². The number of anilines is 2. The van der Waals surface area contributed by atoms with E-state index in [4.69, 9.17) is 0 Å². The summed E-state index contributed by atoms with van der Waals surface area (Å²) in [6.07, 6.45) is 0. The van der Waals surface area contributed by atoms with E-state index < -0.39 is 10.0 Å². The van der Waals surface area contributed by atoms with Crippen molar-refractivity contribution in [3.63, 3.8) is 0 Å². The van der Waals surface area contributed by atoms with Crippen molar-refractivity contribution >= 4 is 21.4 Å². The second kappa shape index (κ2) is 7.40. The molecule has 0 unspecified atom stereocenters. The molecule has 0 aliphatic heterocycles. The average molecular weight is 352 g/mol. The Morgan fingerprint density at radius 2 is 1.48 bits per heavy atom. The molecule has 128 valence electrons. The van der Waals surface area contributed by atoms with Gasteiger partial charge in [0.2, 0.25) is 0 Å². The highest BCUT2D eigenvalue weighted by molar-refractivity contribution is 7.92. The Bertz CT molecular complexity index is 937. The van der Waals surface area contributed by atoms with E-state index in [-0.39, 0.29) is 4.90 Å². The third-order valence-corrected chi connectivity index (χ3v) is 5.16. The minimum absolute atomic E-state index is 0.263.